The molecule has 2 aromatic carbocycles. The summed E-state index contributed by atoms with van der Waals surface area (Å²) in [6.07, 6.45) is 3.09. The van der Waals surface area contributed by atoms with Crippen molar-refractivity contribution in [1.29, 1.82) is 0 Å². The molecule has 0 spiro atoms. The Hall–Kier alpha value is -2.31. The predicted molar refractivity (Wildman–Crippen MR) is 89.1 cm³/mol. The first-order chi connectivity index (χ1) is 10.5. The van der Waals surface area contributed by atoms with Crippen LogP contribution < -0.4 is 4.72 Å². The van der Waals surface area contributed by atoms with Crippen molar-refractivity contribution in [2.75, 3.05) is 4.72 Å². The summed E-state index contributed by atoms with van der Waals surface area (Å²) < 4.78 is 26.8. The van der Waals surface area contributed by atoms with E-state index in [1.807, 2.05) is 6.07 Å². The molecule has 22 heavy (non-hydrogen) atoms. The van der Waals surface area contributed by atoms with Crippen LogP contribution >= 0.6 is 11.6 Å². The molecule has 0 unspecified atom stereocenters. The number of hydrogen-bond donors (Lipinski definition) is 2. The zero-order chi connectivity index (χ0) is 15.6. The molecule has 5 nitrogen and oxygen atoms in total. The normalized spacial score (nSPS) is 12.0. The highest BCUT2D eigenvalue weighted by Gasteiger charge is 2.09. The van der Waals surface area contributed by atoms with Crippen molar-refractivity contribution in [3.05, 3.63) is 64.7 Å². The molecule has 112 valence electrons. The van der Waals surface area contributed by atoms with E-state index in [9.17, 15) is 8.42 Å². The number of aromatic nitrogens is 2. The highest BCUT2D eigenvalue weighted by Crippen LogP contribution is 2.22. The van der Waals surface area contributed by atoms with Crippen molar-refractivity contribution in [3.63, 3.8) is 0 Å². The summed E-state index contributed by atoms with van der Waals surface area (Å²) in [5, 5.41) is 9.13. The van der Waals surface area contributed by atoms with Crippen molar-refractivity contribution in [2.24, 2.45) is 0 Å². The average molecular weight is 334 g/mol. The molecule has 1 heterocycles. The number of anilines is 1. The van der Waals surface area contributed by atoms with Gasteiger partial charge in [0.05, 0.1) is 22.8 Å². The summed E-state index contributed by atoms with van der Waals surface area (Å²) in [7, 11) is -3.62. The van der Waals surface area contributed by atoms with Gasteiger partial charge >= 0.3 is 0 Å². The second-order valence-electron chi connectivity index (χ2n) is 4.64. The van der Waals surface area contributed by atoms with E-state index in [-0.39, 0.29) is 0 Å². The summed E-state index contributed by atoms with van der Waals surface area (Å²) in [6.45, 7) is 0. The topological polar surface area (TPSA) is 74.8 Å². The number of sulfonamides is 1. The number of H-pyrrole nitrogens is 1. The van der Waals surface area contributed by atoms with Crippen LogP contribution in [0.15, 0.2) is 54.1 Å². The van der Waals surface area contributed by atoms with Gasteiger partial charge in [0.25, 0.3) is 10.0 Å². The SMILES string of the molecule is O=S(=O)(C=Cc1ccc(Cl)cc1)Nc1cccc2[nH]ncc12. The van der Waals surface area contributed by atoms with Crippen molar-refractivity contribution in [2.45, 2.75) is 0 Å². The molecule has 0 aliphatic heterocycles. The first-order valence-corrected chi connectivity index (χ1v) is 8.34. The lowest BCUT2D eigenvalue weighted by Gasteiger charge is -2.05. The molecular weight excluding hydrogens is 322 g/mol. The van der Waals surface area contributed by atoms with Crippen molar-refractivity contribution in [1.82, 2.24) is 10.2 Å². The van der Waals surface area contributed by atoms with Crippen LogP contribution in [0.5, 0.6) is 0 Å². The zero-order valence-corrected chi connectivity index (χ0v) is 12.9. The van der Waals surface area contributed by atoms with Crippen LogP contribution in [-0.2, 0) is 10.0 Å². The van der Waals surface area contributed by atoms with Crippen LogP contribution in [0.4, 0.5) is 5.69 Å². The van der Waals surface area contributed by atoms with Gasteiger partial charge in [0.1, 0.15) is 0 Å². The number of hydrogen-bond acceptors (Lipinski definition) is 3. The third-order valence-corrected chi connectivity index (χ3v) is 4.30. The Kier molecular flexibility index (Phi) is 3.87. The lowest BCUT2D eigenvalue weighted by atomic mass is 10.2. The zero-order valence-electron chi connectivity index (χ0n) is 11.3. The molecule has 7 heteroatoms. The molecule has 0 saturated heterocycles. The second kappa shape index (κ2) is 5.82. The molecule has 0 bridgehead atoms. The molecule has 3 aromatic rings. The number of aromatic amines is 1. The Bertz CT molecular complexity index is 931. The van der Waals surface area contributed by atoms with Gasteiger partial charge in [0.15, 0.2) is 0 Å². The summed E-state index contributed by atoms with van der Waals surface area (Å²) in [5.41, 5.74) is 1.99. The molecule has 2 N–H and O–H groups in total. The maximum atomic E-state index is 12.2. The first-order valence-electron chi connectivity index (χ1n) is 6.42. The number of rotatable bonds is 4. The monoisotopic (exact) mass is 333 g/mol. The minimum absolute atomic E-state index is 0.479. The van der Waals surface area contributed by atoms with Gasteiger partial charge < -0.3 is 0 Å². The summed E-state index contributed by atoms with van der Waals surface area (Å²) in [6, 6.07) is 12.1. The van der Waals surface area contributed by atoms with Gasteiger partial charge in [0.2, 0.25) is 0 Å². The summed E-state index contributed by atoms with van der Waals surface area (Å²) in [4.78, 5) is 0. The van der Waals surface area contributed by atoms with Crippen molar-refractivity contribution < 1.29 is 8.42 Å². The van der Waals surface area contributed by atoms with Crippen LogP contribution in [0, 0.1) is 0 Å². The largest absolute Gasteiger partial charge is 0.279 e. The Balaban J connectivity index is 1.84. The van der Waals surface area contributed by atoms with Gasteiger partial charge in [-0.3, -0.25) is 9.82 Å². The number of fused-ring (bicyclic) bond motifs is 1. The molecular formula is C15H12ClN3O2S. The van der Waals surface area contributed by atoms with Crippen LogP contribution in [0.2, 0.25) is 5.02 Å². The highest BCUT2D eigenvalue weighted by molar-refractivity contribution is 7.95. The third-order valence-electron chi connectivity index (χ3n) is 3.05. The lowest BCUT2D eigenvalue weighted by molar-refractivity contribution is 0.609. The first kappa shape index (κ1) is 14.6. The Morgan fingerprint density at radius 3 is 2.68 bits per heavy atom. The molecule has 0 aliphatic rings. The number of benzene rings is 2. The van der Waals surface area contributed by atoms with Gasteiger partial charge in [-0.15, -0.1) is 0 Å². The van der Waals surface area contributed by atoms with Crippen molar-refractivity contribution >= 4 is 44.3 Å². The third kappa shape index (κ3) is 3.29. The van der Waals surface area contributed by atoms with E-state index in [2.05, 4.69) is 14.9 Å². The van der Waals surface area contributed by atoms with Gasteiger partial charge in [-0.05, 0) is 35.9 Å². The van der Waals surface area contributed by atoms with Crippen LogP contribution in [0.25, 0.3) is 17.0 Å². The predicted octanol–water partition coefficient (Wildman–Crippen LogP) is 3.63. The van der Waals surface area contributed by atoms with Crippen LogP contribution in [0.3, 0.4) is 0 Å². The molecule has 0 radical (unpaired) electrons. The molecule has 1 aromatic heterocycles. The van der Waals surface area contributed by atoms with Crippen LogP contribution in [0.1, 0.15) is 5.56 Å². The van der Waals surface area contributed by atoms with E-state index < -0.39 is 10.0 Å². The number of halogens is 1. The van der Waals surface area contributed by atoms with E-state index in [1.54, 1.807) is 42.6 Å². The molecule has 0 amide bonds. The molecule has 0 fully saturated rings. The van der Waals surface area contributed by atoms with E-state index in [4.69, 9.17) is 11.6 Å². The summed E-state index contributed by atoms with van der Waals surface area (Å²) >= 11 is 5.79. The van der Waals surface area contributed by atoms with Gasteiger partial charge in [-0.1, -0.05) is 29.8 Å². The molecule has 0 atom stereocenters. The minimum atomic E-state index is -3.62. The lowest BCUT2D eigenvalue weighted by Crippen LogP contribution is -2.08. The smallest absolute Gasteiger partial charge is 0.255 e. The van der Waals surface area contributed by atoms with Gasteiger partial charge in [0, 0.05) is 10.4 Å². The van der Waals surface area contributed by atoms with E-state index >= 15 is 0 Å². The van der Waals surface area contributed by atoms with Gasteiger partial charge in [-0.2, -0.15) is 5.10 Å². The van der Waals surface area contributed by atoms with E-state index in [0.29, 0.717) is 16.1 Å². The number of nitrogens with one attached hydrogen (secondary N) is 2. The maximum absolute atomic E-state index is 12.2. The Morgan fingerprint density at radius 1 is 1.14 bits per heavy atom. The standard InChI is InChI=1S/C15H12ClN3O2S/c16-12-6-4-11(5-7-12)8-9-22(20,21)19-15-3-1-2-14-13(15)10-17-18-14/h1-10,19H,(H,17,18). The average Bonchev–Trinajstić information content (AvgIpc) is 2.96. The number of nitrogens with zero attached hydrogens (tertiary/aromatic N) is 1. The van der Waals surface area contributed by atoms with E-state index in [0.717, 1.165) is 16.5 Å². The molecule has 3 rings (SSSR count). The van der Waals surface area contributed by atoms with Crippen molar-refractivity contribution in [3.8, 4) is 0 Å². The van der Waals surface area contributed by atoms with Gasteiger partial charge in [-0.25, -0.2) is 8.42 Å². The molecule has 0 saturated carbocycles. The summed E-state index contributed by atoms with van der Waals surface area (Å²) in [5.74, 6) is 0. The highest BCUT2D eigenvalue weighted by atomic mass is 35.5. The maximum Gasteiger partial charge on any atom is 0.255 e. The Labute approximate surface area is 132 Å². The Morgan fingerprint density at radius 2 is 1.91 bits per heavy atom. The fourth-order valence-corrected chi connectivity index (χ4v) is 3.00. The quantitative estimate of drug-likeness (QED) is 0.765. The van der Waals surface area contributed by atoms with E-state index in [1.165, 1.54) is 6.08 Å². The fraction of sp³-hybridized carbons (Fsp3) is 0. The van der Waals surface area contributed by atoms with Crippen LogP contribution in [-0.4, -0.2) is 18.6 Å². The second-order valence-corrected chi connectivity index (χ2v) is 6.64. The fourth-order valence-electron chi connectivity index (χ4n) is 1.99. The molecule has 0 aliphatic carbocycles. The minimum Gasteiger partial charge on any atom is -0.279 e.